The van der Waals surface area contributed by atoms with E-state index in [1.807, 2.05) is 13.8 Å². The molecule has 5 aliphatic carbocycles. The maximum absolute atomic E-state index is 14.3. The molecule has 30 unspecified atom stereocenters. The average molecular weight is 1270 g/mol. The fourth-order valence-electron chi connectivity index (χ4n) is 17.3. The van der Waals surface area contributed by atoms with Crippen molar-refractivity contribution < 1.29 is 137 Å². The van der Waals surface area contributed by atoms with E-state index < -0.39 is 230 Å². The third kappa shape index (κ3) is 11.8. The Morgan fingerprint density at radius 1 is 0.629 bits per heavy atom. The lowest BCUT2D eigenvalue weighted by Crippen LogP contribution is -2.73. The van der Waals surface area contributed by atoms with Crippen molar-refractivity contribution in [3.63, 3.8) is 0 Å². The standard InChI is InChI=1S/C61H92O28/c1-11-25(2)51(78)89-48-49(82-27(4)66)61(24-64)29(18-56(48,5)6)28-12-13-34-57(7)16-15-35(58(8,23-63)33(57)14-17-59(34,9)60(28,10)19-36(61)81-26(3)65)84-55-47(88-53-42(74)40(72)39(71)32(20-62)83-53)44(43(75)45(86-55)50(76)77)85-54-46(38(70)31(68)22-80-54)87-52-41(73)37(69)30(67)21-79-52/h11-12,23,29-49,52-55,62,64,67-75H,13-22,24H2,1-10H3,(H,76,77)/b25-11-. The molecule has 9 aliphatic rings. The molecule has 0 amide bonds. The first kappa shape index (κ1) is 69.6. The second kappa shape index (κ2) is 25.9. The number of esters is 3. The molecule has 4 heterocycles. The summed E-state index contributed by atoms with van der Waals surface area (Å²) < 4.78 is 67.1. The van der Waals surface area contributed by atoms with Gasteiger partial charge < -0.3 is 118 Å². The van der Waals surface area contributed by atoms with Crippen LogP contribution in [0.5, 0.6) is 0 Å². The summed E-state index contributed by atoms with van der Waals surface area (Å²) in [5, 5.41) is 131. The van der Waals surface area contributed by atoms with Gasteiger partial charge in [0.1, 0.15) is 97.8 Å². The van der Waals surface area contributed by atoms with Crippen molar-refractivity contribution in [3.05, 3.63) is 23.3 Å². The Morgan fingerprint density at radius 2 is 1.25 bits per heavy atom. The zero-order chi connectivity index (χ0) is 65.6. The van der Waals surface area contributed by atoms with Crippen LogP contribution in [0.3, 0.4) is 0 Å². The number of aliphatic carboxylic acids is 1. The molecule has 12 N–H and O–H groups in total. The van der Waals surface area contributed by atoms with Gasteiger partial charge in [-0.1, -0.05) is 59.3 Å². The molecular formula is C61H92O28. The molecular weight excluding hydrogens is 1180 g/mol. The Bertz CT molecular complexity index is 2670. The van der Waals surface area contributed by atoms with E-state index in [4.69, 9.17) is 52.1 Å². The van der Waals surface area contributed by atoms with Crippen molar-refractivity contribution in [1.82, 2.24) is 0 Å². The number of allylic oxidation sites excluding steroid dienone is 3. The van der Waals surface area contributed by atoms with Crippen LogP contribution in [-0.2, 0) is 76.1 Å². The van der Waals surface area contributed by atoms with Crippen molar-refractivity contribution in [2.24, 2.45) is 50.2 Å². The van der Waals surface area contributed by atoms with Gasteiger partial charge in [-0.2, -0.15) is 0 Å². The minimum absolute atomic E-state index is 0.0912. The summed E-state index contributed by atoms with van der Waals surface area (Å²) in [5.41, 5.74) is -4.65. The number of hydrogen-bond donors (Lipinski definition) is 12. The van der Waals surface area contributed by atoms with Gasteiger partial charge in [0.2, 0.25) is 0 Å². The van der Waals surface area contributed by atoms with Gasteiger partial charge >= 0.3 is 23.9 Å². The molecule has 28 nitrogen and oxygen atoms in total. The Labute approximate surface area is 515 Å². The van der Waals surface area contributed by atoms with Crippen molar-refractivity contribution in [2.75, 3.05) is 26.4 Å². The first-order valence-corrected chi connectivity index (χ1v) is 30.7. The second-order valence-corrected chi connectivity index (χ2v) is 27.9. The van der Waals surface area contributed by atoms with Gasteiger partial charge in [0.25, 0.3) is 0 Å². The van der Waals surface area contributed by atoms with Crippen molar-refractivity contribution in [1.29, 1.82) is 0 Å². The number of aliphatic hydroxyl groups excluding tert-OH is 11. The van der Waals surface area contributed by atoms with Gasteiger partial charge in [-0.15, -0.1) is 0 Å². The van der Waals surface area contributed by atoms with Crippen molar-refractivity contribution in [2.45, 2.75) is 249 Å². The van der Waals surface area contributed by atoms with E-state index in [1.54, 1.807) is 26.8 Å². The Hall–Kier alpha value is -3.73. The fourth-order valence-corrected chi connectivity index (χ4v) is 17.3. The molecule has 0 radical (unpaired) electrons. The molecule has 0 aromatic heterocycles. The number of carboxylic acid groups (broad SMARTS) is 1. The summed E-state index contributed by atoms with van der Waals surface area (Å²) in [6.45, 7) is 15.0. The molecule has 4 aliphatic heterocycles. The molecule has 4 saturated heterocycles. The lowest BCUT2D eigenvalue weighted by atomic mass is 9.33. The zero-order valence-corrected chi connectivity index (χ0v) is 51.8. The van der Waals surface area contributed by atoms with Crippen LogP contribution in [0.4, 0.5) is 0 Å². The molecule has 28 heteroatoms. The number of aliphatic hydroxyl groups is 11. The maximum Gasteiger partial charge on any atom is 0.335 e. The van der Waals surface area contributed by atoms with E-state index in [0.29, 0.717) is 37.7 Å². The van der Waals surface area contributed by atoms with Gasteiger partial charge in [0, 0.05) is 24.8 Å². The predicted octanol–water partition coefficient (Wildman–Crippen LogP) is -1.44. The van der Waals surface area contributed by atoms with Crippen LogP contribution >= 0.6 is 0 Å². The third-order valence-electron chi connectivity index (χ3n) is 22.5. The highest BCUT2D eigenvalue weighted by molar-refractivity contribution is 5.87. The first-order valence-electron chi connectivity index (χ1n) is 30.7. The molecule has 0 aromatic carbocycles. The molecule has 0 bridgehead atoms. The maximum atomic E-state index is 14.3. The van der Waals surface area contributed by atoms with Crippen LogP contribution in [0, 0.1) is 50.2 Å². The molecule has 9 rings (SSSR count). The number of aldehydes is 1. The van der Waals surface area contributed by atoms with Gasteiger partial charge in [-0.05, 0) is 92.8 Å². The minimum atomic E-state index is -2.29. The van der Waals surface area contributed by atoms with Crippen molar-refractivity contribution in [3.8, 4) is 0 Å². The van der Waals surface area contributed by atoms with Gasteiger partial charge in [-0.25, -0.2) is 9.59 Å². The largest absolute Gasteiger partial charge is 0.479 e. The SMILES string of the molecule is C/C=C(/C)C(=O)OC1C(OC(C)=O)C2(CO)C(OC(C)=O)CC3(C)C(=CCC4C5(C)CCC(OC6OC(C(=O)O)C(O)C(OC7OCC(O)C(O)C7OC7OCC(O)C(O)C7O)C6OC6OC(CO)C(O)C(O)C6O)C(C)(C=O)C5CCC43C)C2CC1(C)C. The van der Waals surface area contributed by atoms with E-state index in [-0.39, 0.29) is 18.8 Å². The molecule has 4 saturated carbocycles. The van der Waals surface area contributed by atoms with Crippen LogP contribution in [-0.4, -0.2) is 253 Å². The van der Waals surface area contributed by atoms with Crippen LogP contribution in [0.25, 0.3) is 0 Å². The monoisotopic (exact) mass is 1270 g/mol. The van der Waals surface area contributed by atoms with E-state index in [0.717, 1.165) is 11.9 Å². The molecule has 30 atom stereocenters. The molecule has 0 aromatic rings. The van der Waals surface area contributed by atoms with Crippen LogP contribution in [0.15, 0.2) is 23.3 Å². The lowest BCUT2D eigenvalue weighted by molar-refractivity contribution is -0.398. The van der Waals surface area contributed by atoms with E-state index in [2.05, 4.69) is 26.8 Å². The summed E-state index contributed by atoms with van der Waals surface area (Å²) >= 11 is 0. The second-order valence-electron chi connectivity index (χ2n) is 27.9. The number of hydrogen-bond acceptors (Lipinski definition) is 27. The first-order chi connectivity index (χ1) is 41.6. The molecule has 89 heavy (non-hydrogen) atoms. The molecule has 504 valence electrons. The summed E-state index contributed by atoms with van der Waals surface area (Å²) in [6, 6.07) is 0. The van der Waals surface area contributed by atoms with E-state index in [9.17, 15) is 85.3 Å². The zero-order valence-electron chi connectivity index (χ0n) is 51.8. The van der Waals surface area contributed by atoms with Crippen LogP contribution in [0.2, 0.25) is 0 Å². The highest BCUT2D eigenvalue weighted by Gasteiger charge is 2.75. The highest BCUT2D eigenvalue weighted by Crippen LogP contribution is 2.76. The van der Waals surface area contributed by atoms with Gasteiger partial charge in [0.05, 0.1) is 43.4 Å². The normalized spacial score (nSPS) is 49.7. The quantitative estimate of drug-likeness (QED) is 0.0210. The number of fused-ring (bicyclic) bond motifs is 7. The van der Waals surface area contributed by atoms with E-state index in [1.165, 1.54) is 13.8 Å². The van der Waals surface area contributed by atoms with Crippen molar-refractivity contribution >= 4 is 30.2 Å². The minimum Gasteiger partial charge on any atom is -0.479 e. The Balaban J connectivity index is 1.07. The smallest absolute Gasteiger partial charge is 0.335 e. The lowest BCUT2D eigenvalue weighted by Gasteiger charge is -2.72. The van der Waals surface area contributed by atoms with E-state index >= 15 is 0 Å². The van der Waals surface area contributed by atoms with Crippen LogP contribution in [0.1, 0.15) is 114 Å². The highest BCUT2D eigenvalue weighted by atomic mass is 16.8. The summed E-state index contributed by atoms with van der Waals surface area (Å²) in [5.74, 6) is -5.02. The number of ether oxygens (including phenoxy) is 11. The predicted molar refractivity (Wildman–Crippen MR) is 298 cm³/mol. The van der Waals surface area contributed by atoms with Crippen LogP contribution < -0.4 is 0 Å². The number of carboxylic acids is 1. The molecule has 0 spiro atoms. The Morgan fingerprint density at radius 3 is 1.85 bits per heavy atom. The summed E-state index contributed by atoms with van der Waals surface area (Å²) in [6.07, 6.45) is -32.6. The number of carbonyl (C=O) groups excluding carboxylic acids is 4. The van der Waals surface area contributed by atoms with Gasteiger partial charge in [-0.3, -0.25) is 9.59 Å². The fraction of sp³-hybridized carbons (Fsp3) is 0.852. The third-order valence-corrected chi connectivity index (χ3v) is 22.5. The Kier molecular flexibility index (Phi) is 20.2. The van der Waals surface area contributed by atoms with Gasteiger partial charge in [0.15, 0.2) is 37.4 Å². The topological polar surface area (TPSA) is 430 Å². The average Bonchev–Trinajstić information content (AvgIpc) is 0.669. The number of rotatable bonds is 16. The summed E-state index contributed by atoms with van der Waals surface area (Å²) in [7, 11) is 0. The molecule has 8 fully saturated rings. The summed E-state index contributed by atoms with van der Waals surface area (Å²) in [4.78, 5) is 67.7. The number of carbonyl (C=O) groups is 5.